The van der Waals surface area contributed by atoms with Gasteiger partial charge in [0.1, 0.15) is 17.6 Å². The summed E-state index contributed by atoms with van der Waals surface area (Å²) in [5.74, 6) is 2.05. The van der Waals surface area contributed by atoms with Crippen LogP contribution in [-0.4, -0.2) is 39.4 Å². The lowest BCUT2D eigenvalue weighted by Crippen LogP contribution is -2.47. The van der Waals surface area contributed by atoms with Gasteiger partial charge in [0.05, 0.1) is 7.11 Å². The summed E-state index contributed by atoms with van der Waals surface area (Å²) in [4.78, 5) is 5.03. The van der Waals surface area contributed by atoms with E-state index in [9.17, 15) is 0 Å². The van der Waals surface area contributed by atoms with E-state index >= 15 is 0 Å². The number of fused-ring (bicyclic) bond motifs is 1. The van der Waals surface area contributed by atoms with E-state index in [0.717, 1.165) is 44.1 Å². The molecule has 27 heavy (non-hydrogen) atoms. The third-order valence-corrected chi connectivity index (χ3v) is 6.18. The van der Waals surface area contributed by atoms with E-state index in [4.69, 9.17) is 9.47 Å². The standard InChI is InChI=1S/C23H30N2O2/c1-15-14-21-18(4)22(16(2)17(3)23(21)27-15)25-12-10-24(11-13-25)19-6-8-20(26-5)9-7-19/h6-9,15H,10-14H2,1-5H3/t15-/m1/s1. The zero-order valence-corrected chi connectivity index (χ0v) is 17.1. The van der Waals surface area contributed by atoms with Crippen LogP contribution in [0, 0.1) is 20.8 Å². The average Bonchev–Trinajstić information content (AvgIpc) is 3.09. The second-order valence-electron chi connectivity index (χ2n) is 7.84. The van der Waals surface area contributed by atoms with Crippen molar-refractivity contribution in [3.8, 4) is 11.5 Å². The van der Waals surface area contributed by atoms with E-state index in [2.05, 4.69) is 49.6 Å². The van der Waals surface area contributed by atoms with Crippen LogP contribution in [0.3, 0.4) is 0 Å². The highest BCUT2D eigenvalue weighted by molar-refractivity contribution is 5.70. The smallest absolute Gasteiger partial charge is 0.126 e. The Morgan fingerprint density at radius 2 is 1.52 bits per heavy atom. The third kappa shape index (κ3) is 3.11. The van der Waals surface area contributed by atoms with Crippen molar-refractivity contribution in [2.45, 2.75) is 40.2 Å². The molecule has 2 aliphatic heterocycles. The van der Waals surface area contributed by atoms with Crippen molar-refractivity contribution in [3.05, 3.63) is 46.5 Å². The number of methoxy groups -OCH3 is 1. The van der Waals surface area contributed by atoms with E-state index in [0.29, 0.717) is 6.10 Å². The molecular formula is C23H30N2O2. The number of rotatable bonds is 3. The lowest BCUT2D eigenvalue weighted by Gasteiger charge is -2.39. The molecule has 2 aromatic rings. The number of hydrogen-bond acceptors (Lipinski definition) is 4. The average molecular weight is 367 g/mol. The summed E-state index contributed by atoms with van der Waals surface area (Å²) in [6.45, 7) is 13.1. The van der Waals surface area contributed by atoms with Gasteiger partial charge in [-0.05, 0) is 68.7 Å². The van der Waals surface area contributed by atoms with Crippen molar-refractivity contribution in [2.24, 2.45) is 0 Å². The van der Waals surface area contributed by atoms with Crippen molar-refractivity contribution in [2.75, 3.05) is 43.1 Å². The Balaban J connectivity index is 1.55. The van der Waals surface area contributed by atoms with Gasteiger partial charge in [-0.3, -0.25) is 0 Å². The normalized spacial score (nSPS) is 19.1. The monoisotopic (exact) mass is 366 g/mol. The Bertz CT molecular complexity index is 837. The van der Waals surface area contributed by atoms with Gasteiger partial charge in [0.2, 0.25) is 0 Å². The first kappa shape index (κ1) is 18.0. The van der Waals surface area contributed by atoms with Gasteiger partial charge < -0.3 is 19.3 Å². The quantitative estimate of drug-likeness (QED) is 0.810. The van der Waals surface area contributed by atoms with Crippen LogP contribution in [0.15, 0.2) is 24.3 Å². The summed E-state index contributed by atoms with van der Waals surface area (Å²) in [6.07, 6.45) is 1.32. The molecule has 0 amide bonds. The van der Waals surface area contributed by atoms with Crippen LogP contribution in [0.25, 0.3) is 0 Å². The maximum Gasteiger partial charge on any atom is 0.126 e. The molecule has 2 aromatic carbocycles. The van der Waals surface area contributed by atoms with Gasteiger partial charge in [0.15, 0.2) is 0 Å². The van der Waals surface area contributed by atoms with Gasteiger partial charge >= 0.3 is 0 Å². The van der Waals surface area contributed by atoms with Crippen molar-refractivity contribution < 1.29 is 9.47 Å². The van der Waals surface area contributed by atoms with Gasteiger partial charge in [0.25, 0.3) is 0 Å². The summed E-state index contributed by atoms with van der Waals surface area (Å²) in [7, 11) is 1.71. The van der Waals surface area contributed by atoms with Crippen molar-refractivity contribution in [3.63, 3.8) is 0 Å². The first-order chi connectivity index (χ1) is 13.0. The predicted molar refractivity (Wildman–Crippen MR) is 112 cm³/mol. The minimum absolute atomic E-state index is 0.291. The van der Waals surface area contributed by atoms with Gasteiger partial charge in [0, 0.05) is 49.5 Å². The van der Waals surface area contributed by atoms with Crippen molar-refractivity contribution >= 4 is 11.4 Å². The van der Waals surface area contributed by atoms with E-state index in [1.807, 2.05) is 12.1 Å². The first-order valence-corrected chi connectivity index (χ1v) is 9.92. The fraction of sp³-hybridized carbons (Fsp3) is 0.478. The Kier molecular flexibility index (Phi) is 4.67. The van der Waals surface area contributed by atoms with E-state index in [1.54, 1.807) is 7.11 Å². The second kappa shape index (κ2) is 6.99. The molecule has 1 fully saturated rings. The summed E-state index contributed by atoms with van der Waals surface area (Å²) < 4.78 is 11.4. The number of piperazine rings is 1. The van der Waals surface area contributed by atoms with Crippen LogP contribution in [0.5, 0.6) is 11.5 Å². The molecule has 0 N–H and O–H groups in total. The zero-order chi connectivity index (χ0) is 19.1. The van der Waals surface area contributed by atoms with Crippen LogP contribution < -0.4 is 19.3 Å². The molecule has 1 atom stereocenters. The molecular weight excluding hydrogens is 336 g/mol. The van der Waals surface area contributed by atoms with Crippen LogP contribution in [-0.2, 0) is 6.42 Å². The topological polar surface area (TPSA) is 24.9 Å². The molecule has 2 aliphatic rings. The van der Waals surface area contributed by atoms with Crippen LogP contribution >= 0.6 is 0 Å². The lowest BCUT2D eigenvalue weighted by atomic mass is 9.94. The lowest BCUT2D eigenvalue weighted by molar-refractivity contribution is 0.253. The van der Waals surface area contributed by atoms with Crippen molar-refractivity contribution in [1.29, 1.82) is 0 Å². The molecule has 4 heteroatoms. The van der Waals surface area contributed by atoms with Crippen molar-refractivity contribution in [1.82, 2.24) is 0 Å². The van der Waals surface area contributed by atoms with Crippen LogP contribution in [0.1, 0.15) is 29.2 Å². The summed E-state index contributed by atoms with van der Waals surface area (Å²) in [6, 6.07) is 8.40. The number of nitrogens with zero attached hydrogens (tertiary/aromatic N) is 2. The zero-order valence-electron chi connectivity index (χ0n) is 17.1. The fourth-order valence-corrected chi connectivity index (χ4v) is 4.56. The fourth-order valence-electron chi connectivity index (χ4n) is 4.56. The highest BCUT2D eigenvalue weighted by Gasteiger charge is 2.29. The molecule has 0 unspecified atom stereocenters. The molecule has 0 aromatic heterocycles. The largest absolute Gasteiger partial charge is 0.497 e. The molecule has 0 spiro atoms. The van der Waals surface area contributed by atoms with Gasteiger partial charge in [-0.2, -0.15) is 0 Å². The Morgan fingerprint density at radius 1 is 0.889 bits per heavy atom. The molecule has 0 radical (unpaired) electrons. The van der Waals surface area contributed by atoms with Gasteiger partial charge in [-0.1, -0.05) is 0 Å². The summed E-state index contributed by atoms with van der Waals surface area (Å²) in [5, 5.41) is 0. The number of anilines is 2. The van der Waals surface area contributed by atoms with Gasteiger partial charge in [-0.15, -0.1) is 0 Å². The molecule has 0 bridgehead atoms. The Hall–Kier alpha value is -2.36. The third-order valence-electron chi connectivity index (χ3n) is 6.18. The van der Waals surface area contributed by atoms with Crippen LogP contribution in [0.4, 0.5) is 11.4 Å². The predicted octanol–water partition coefficient (Wildman–Crippen LogP) is 4.27. The van der Waals surface area contributed by atoms with Gasteiger partial charge in [-0.25, -0.2) is 0 Å². The molecule has 0 aliphatic carbocycles. The molecule has 0 saturated carbocycles. The highest BCUT2D eigenvalue weighted by Crippen LogP contribution is 2.42. The minimum Gasteiger partial charge on any atom is -0.497 e. The molecule has 4 rings (SSSR count). The van der Waals surface area contributed by atoms with E-state index < -0.39 is 0 Å². The summed E-state index contributed by atoms with van der Waals surface area (Å²) >= 11 is 0. The maximum absolute atomic E-state index is 6.10. The molecule has 1 saturated heterocycles. The SMILES string of the molecule is COc1ccc(N2CCN(c3c(C)c(C)c4c(c3C)C[C@@H](C)O4)CC2)cc1. The summed E-state index contributed by atoms with van der Waals surface area (Å²) in [5.41, 5.74) is 8.22. The molecule has 144 valence electrons. The highest BCUT2D eigenvalue weighted by atomic mass is 16.5. The second-order valence-corrected chi connectivity index (χ2v) is 7.84. The van der Waals surface area contributed by atoms with E-state index in [-0.39, 0.29) is 0 Å². The Morgan fingerprint density at radius 3 is 2.15 bits per heavy atom. The molecule has 4 nitrogen and oxygen atoms in total. The number of benzene rings is 2. The Labute approximate surface area is 162 Å². The molecule has 2 heterocycles. The van der Waals surface area contributed by atoms with Crippen LogP contribution in [0.2, 0.25) is 0 Å². The number of ether oxygens (including phenoxy) is 2. The van der Waals surface area contributed by atoms with E-state index in [1.165, 1.54) is 33.6 Å². The maximum atomic E-state index is 6.10. The first-order valence-electron chi connectivity index (χ1n) is 9.92. The number of hydrogen-bond donors (Lipinski definition) is 0. The minimum atomic E-state index is 0.291.